The van der Waals surface area contributed by atoms with E-state index in [1.54, 1.807) is 6.07 Å². The van der Waals surface area contributed by atoms with E-state index in [-0.39, 0.29) is 5.82 Å². The molecule has 2 aromatic carbocycles. The van der Waals surface area contributed by atoms with Crippen LogP contribution >= 0.6 is 11.3 Å². The lowest BCUT2D eigenvalue weighted by Gasteiger charge is -2.08. The zero-order chi connectivity index (χ0) is 14.6. The Kier molecular flexibility index (Phi) is 2.59. The number of aryl methyl sites for hydroxylation is 1. The molecule has 0 fully saturated rings. The molecule has 4 rings (SSSR count). The summed E-state index contributed by atoms with van der Waals surface area (Å²) < 4.78 is 14.3. The monoisotopic (exact) mass is 300 g/mol. The molecule has 21 heavy (non-hydrogen) atoms. The fraction of sp³-hybridized carbons (Fsp3) is 0.125. The summed E-state index contributed by atoms with van der Waals surface area (Å²) >= 11 is 1.50. The Morgan fingerprint density at radius 2 is 2.05 bits per heavy atom. The lowest BCUT2D eigenvalue weighted by Crippen LogP contribution is -1.97. The van der Waals surface area contributed by atoms with Crippen LogP contribution in [0, 0.1) is 12.7 Å². The summed E-state index contributed by atoms with van der Waals surface area (Å²) in [5, 5.41) is 18.8. The molecule has 0 atom stereocenters. The fourth-order valence-corrected chi connectivity index (χ4v) is 3.88. The molecule has 0 spiro atoms. The van der Waals surface area contributed by atoms with Crippen LogP contribution in [0.2, 0.25) is 0 Å². The second kappa shape index (κ2) is 4.36. The van der Waals surface area contributed by atoms with Crippen molar-refractivity contribution >= 4 is 37.8 Å². The van der Waals surface area contributed by atoms with E-state index in [2.05, 4.69) is 10.6 Å². The first-order valence-corrected chi connectivity index (χ1v) is 7.49. The molecule has 3 aromatic rings. The number of aromatic hydroxyl groups is 1. The summed E-state index contributed by atoms with van der Waals surface area (Å²) in [7, 11) is 0. The summed E-state index contributed by atoms with van der Waals surface area (Å²) in [6.45, 7) is 2.53. The number of hydrogen-bond donors (Lipinski definition) is 3. The maximum Gasteiger partial charge on any atom is 0.136 e. The molecule has 0 radical (unpaired) electrons. The molecule has 0 aliphatic carbocycles. The van der Waals surface area contributed by atoms with E-state index in [1.165, 1.54) is 23.5 Å². The number of benzene rings is 2. The predicted molar refractivity (Wildman–Crippen MR) is 85.2 cm³/mol. The molecule has 5 heteroatoms. The minimum Gasteiger partial charge on any atom is -0.506 e. The van der Waals surface area contributed by atoms with Crippen LogP contribution in [-0.2, 0) is 6.54 Å². The Hall–Kier alpha value is -2.27. The number of phenols is 1. The van der Waals surface area contributed by atoms with Crippen molar-refractivity contribution in [2.45, 2.75) is 13.5 Å². The molecule has 3 nitrogen and oxygen atoms in total. The van der Waals surface area contributed by atoms with Gasteiger partial charge in [0, 0.05) is 17.5 Å². The number of hydrogen-bond acceptors (Lipinski definition) is 4. The van der Waals surface area contributed by atoms with Crippen LogP contribution in [0.1, 0.15) is 11.1 Å². The van der Waals surface area contributed by atoms with Crippen LogP contribution in [0.5, 0.6) is 5.75 Å². The van der Waals surface area contributed by atoms with E-state index >= 15 is 0 Å². The molecular weight excluding hydrogens is 287 g/mol. The minimum absolute atomic E-state index is 0.272. The van der Waals surface area contributed by atoms with Crippen LogP contribution in [0.15, 0.2) is 30.3 Å². The normalized spacial score (nSPS) is 13.0. The van der Waals surface area contributed by atoms with Crippen molar-refractivity contribution in [3.8, 4) is 5.75 Å². The Labute approximate surface area is 125 Å². The smallest absolute Gasteiger partial charge is 0.136 e. The number of fused-ring (bicyclic) bond motifs is 4. The summed E-state index contributed by atoms with van der Waals surface area (Å²) in [6.07, 6.45) is 0. The third kappa shape index (κ3) is 1.85. The van der Waals surface area contributed by atoms with E-state index in [4.69, 9.17) is 0 Å². The number of phenolic OH excluding ortho intramolecular Hbond substituents is 1. The van der Waals surface area contributed by atoms with Gasteiger partial charge in [0.25, 0.3) is 0 Å². The Bertz CT molecular complexity index is 872. The molecular formula is C16H13FN2OS. The van der Waals surface area contributed by atoms with Gasteiger partial charge in [0.1, 0.15) is 11.6 Å². The molecule has 0 bridgehead atoms. The quantitative estimate of drug-likeness (QED) is 0.562. The number of halogens is 1. The van der Waals surface area contributed by atoms with Gasteiger partial charge in [-0.2, -0.15) is 0 Å². The summed E-state index contributed by atoms with van der Waals surface area (Å²) in [5.74, 6) is 0.0538. The summed E-state index contributed by atoms with van der Waals surface area (Å²) in [4.78, 5) is 0. The van der Waals surface area contributed by atoms with E-state index in [1.807, 2.05) is 19.1 Å². The highest BCUT2D eigenvalue weighted by atomic mass is 32.1. The second-order valence-electron chi connectivity index (χ2n) is 5.19. The minimum atomic E-state index is -0.272. The molecule has 0 unspecified atom stereocenters. The number of thiophene rings is 1. The van der Waals surface area contributed by atoms with Gasteiger partial charge < -0.3 is 15.7 Å². The van der Waals surface area contributed by atoms with Crippen LogP contribution in [0.25, 0.3) is 10.1 Å². The average Bonchev–Trinajstić information content (AvgIpc) is 2.71. The standard InChI is InChI=1S/C16H13FN2OS/c1-8-2-4-10-11-7-18-12-5-3-9(17)6-13(12)19-16(11)21-15(10)14(8)20/h2-6,18-20H,7H2,1H3. The van der Waals surface area contributed by atoms with Crippen molar-refractivity contribution < 1.29 is 9.50 Å². The topological polar surface area (TPSA) is 44.3 Å². The molecule has 1 aromatic heterocycles. The Morgan fingerprint density at radius 3 is 2.90 bits per heavy atom. The van der Waals surface area contributed by atoms with Crippen LogP contribution < -0.4 is 10.6 Å². The van der Waals surface area contributed by atoms with E-state index in [0.29, 0.717) is 12.3 Å². The Balaban J connectivity index is 1.92. The lowest BCUT2D eigenvalue weighted by atomic mass is 10.1. The van der Waals surface area contributed by atoms with E-state index < -0.39 is 0 Å². The highest BCUT2D eigenvalue weighted by Crippen LogP contribution is 2.45. The molecule has 106 valence electrons. The summed E-state index contributed by atoms with van der Waals surface area (Å²) in [5.41, 5.74) is 3.56. The van der Waals surface area contributed by atoms with Gasteiger partial charge in [0.15, 0.2) is 0 Å². The second-order valence-corrected chi connectivity index (χ2v) is 6.21. The molecule has 0 saturated carbocycles. The van der Waals surface area contributed by atoms with Crippen molar-refractivity contribution in [3.63, 3.8) is 0 Å². The van der Waals surface area contributed by atoms with E-state index in [0.717, 1.165) is 37.6 Å². The maximum absolute atomic E-state index is 13.4. The van der Waals surface area contributed by atoms with Gasteiger partial charge in [-0.1, -0.05) is 12.1 Å². The van der Waals surface area contributed by atoms with Crippen LogP contribution in [0.3, 0.4) is 0 Å². The Morgan fingerprint density at radius 1 is 1.19 bits per heavy atom. The van der Waals surface area contributed by atoms with Crippen molar-refractivity contribution in [2.24, 2.45) is 0 Å². The molecule has 0 saturated heterocycles. The zero-order valence-corrected chi connectivity index (χ0v) is 12.1. The largest absolute Gasteiger partial charge is 0.506 e. The molecule has 0 amide bonds. The van der Waals surface area contributed by atoms with Gasteiger partial charge >= 0.3 is 0 Å². The number of nitrogens with one attached hydrogen (secondary N) is 2. The fourth-order valence-electron chi connectivity index (χ4n) is 2.65. The van der Waals surface area contributed by atoms with Gasteiger partial charge in [-0.25, -0.2) is 4.39 Å². The summed E-state index contributed by atoms with van der Waals surface area (Å²) in [6, 6.07) is 8.60. The average molecular weight is 300 g/mol. The molecule has 2 heterocycles. The number of anilines is 3. The molecule has 1 aliphatic heterocycles. The molecule has 3 N–H and O–H groups in total. The van der Waals surface area contributed by atoms with Gasteiger partial charge in [0.2, 0.25) is 0 Å². The van der Waals surface area contributed by atoms with E-state index in [9.17, 15) is 9.50 Å². The van der Waals surface area contributed by atoms with Gasteiger partial charge in [-0.3, -0.25) is 0 Å². The maximum atomic E-state index is 13.4. The first-order chi connectivity index (χ1) is 10.1. The van der Waals surface area contributed by atoms with Crippen molar-refractivity contribution in [1.29, 1.82) is 0 Å². The van der Waals surface area contributed by atoms with Crippen molar-refractivity contribution in [2.75, 3.05) is 10.6 Å². The predicted octanol–water partition coefficient (Wildman–Crippen LogP) is 4.72. The SMILES string of the molecule is Cc1ccc2c3c(sc2c1O)Nc1cc(F)ccc1NC3. The van der Waals surface area contributed by atoms with Gasteiger partial charge in [-0.05, 0) is 30.7 Å². The zero-order valence-electron chi connectivity index (χ0n) is 11.3. The highest BCUT2D eigenvalue weighted by molar-refractivity contribution is 7.23. The highest BCUT2D eigenvalue weighted by Gasteiger charge is 2.19. The van der Waals surface area contributed by atoms with Gasteiger partial charge in [0.05, 0.1) is 21.1 Å². The third-order valence-electron chi connectivity index (χ3n) is 3.82. The number of rotatable bonds is 0. The lowest BCUT2D eigenvalue weighted by molar-refractivity contribution is 0.478. The molecule has 1 aliphatic rings. The van der Waals surface area contributed by atoms with Crippen LogP contribution in [-0.4, -0.2) is 5.11 Å². The van der Waals surface area contributed by atoms with Crippen molar-refractivity contribution in [3.05, 3.63) is 47.3 Å². The van der Waals surface area contributed by atoms with Gasteiger partial charge in [-0.15, -0.1) is 11.3 Å². The first kappa shape index (κ1) is 12.5. The van der Waals surface area contributed by atoms with Crippen LogP contribution in [0.4, 0.5) is 20.8 Å². The van der Waals surface area contributed by atoms with Crippen molar-refractivity contribution in [1.82, 2.24) is 0 Å². The first-order valence-electron chi connectivity index (χ1n) is 6.68. The third-order valence-corrected chi connectivity index (χ3v) is 4.99.